The first kappa shape index (κ1) is 9.65. The number of allylic oxidation sites excluding steroid dienone is 1. The Bertz CT molecular complexity index is 603. The minimum absolute atomic E-state index is 0.583. The maximum absolute atomic E-state index is 2.35. The maximum atomic E-state index is 2.35. The lowest BCUT2D eigenvalue weighted by Gasteiger charge is -2.10. The summed E-state index contributed by atoms with van der Waals surface area (Å²) in [6.07, 6.45) is 2.35. The summed E-state index contributed by atoms with van der Waals surface area (Å²) in [5, 5.41) is 2.79. The molecular weight excluding hydrogens is 192 g/mol. The highest BCUT2D eigenvalue weighted by molar-refractivity contribution is 5.96. The molecule has 0 saturated heterocycles. The minimum Gasteiger partial charge on any atom is -0.0655 e. The topological polar surface area (TPSA) is 0 Å². The smallest absolute Gasteiger partial charge is 0.00265 e. The third-order valence-electron chi connectivity index (χ3n) is 3.88. The van der Waals surface area contributed by atoms with Crippen LogP contribution in [0.2, 0.25) is 0 Å². The highest BCUT2D eigenvalue weighted by Crippen LogP contribution is 2.39. The molecule has 80 valence electrons. The minimum atomic E-state index is 0.583. The lowest BCUT2D eigenvalue weighted by molar-refractivity contribution is 0.923. The van der Waals surface area contributed by atoms with E-state index in [0.717, 1.165) is 0 Å². The lowest BCUT2D eigenvalue weighted by atomic mass is 9.94. The molecule has 0 amide bonds. The molecule has 0 saturated carbocycles. The van der Waals surface area contributed by atoms with Gasteiger partial charge >= 0.3 is 0 Å². The molecule has 1 aliphatic carbocycles. The van der Waals surface area contributed by atoms with Crippen LogP contribution in [0.3, 0.4) is 0 Å². The number of benzene rings is 2. The Morgan fingerprint density at radius 1 is 0.938 bits per heavy atom. The molecule has 3 rings (SSSR count). The summed E-state index contributed by atoms with van der Waals surface area (Å²) in [6.45, 7) is 6.70. The third-order valence-corrected chi connectivity index (χ3v) is 3.88. The summed E-state index contributed by atoms with van der Waals surface area (Å²) in [5.41, 5.74) is 5.76. The van der Waals surface area contributed by atoms with Gasteiger partial charge in [0.05, 0.1) is 0 Å². The molecule has 0 bridgehead atoms. The maximum Gasteiger partial charge on any atom is 0.00265 e. The predicted octanol–water partition coefficient (Wildman–Crippen LogP) is 4.67. The van der Waals surface area contributed by atoms with E-state index >= 15 is 0 Å². The van der Waals surface area contributed by atoms with Crippen molar-refractivity contribution in [1.82, 2.24) is 0 Å². The fraction of sp³-hybridized carbons (Fsp3) is 0.250. The average Bonchev–Trinajstić information content (AvgIpc) is 2.56. The summed E-state index contributed by atoms with van der Waals surface area (Å²) >= 11 is 0. The molecule has 1 aliphatic rings. The number of hydrogen-bond donors (Lipinski definition) is 0. The van der Waals surface area contributed by atoms with Gasteiger partial charge in [-0.2, -0.15) is 0 Å². The highest BCUT2D eigenvalue weighted by Gasteiger charge is 2.19. The molecule has 2 aromatic carbocycles. The zero-order chi connectivity index (χ0) is 11.3. The second-order valence-corrected chi connectivity index (χ2v) is 4.85. The lowest BCUT2D eigenvalue weighted by Crippen LogP contribution is -1.91. The van der Waals surface area contributed by atoms with E-state index in [1.165, 1.54) is 33.0 Å². The Balaban J connectivity index is 2.43. The van der Waals surface area contributed by atoms with Gasteiger partial charge in [-0.1, -0.05) is 48.9 Å². The van der Waals surface area contributed by atoms with Gasteiger partial charge in [-0.15, -0.1) is 0 Å². The molecule has 0 N–H and O–H groups in total. The van der Waals surface area contributed by atoms with E-state index in [4.69, 9.17) is 0 Å². The van der Waals surface area contributed by atoms with Crippen molar-refractivity contribution in [1.29, 1.82) is 0 Å². The molecule has 1 atom stereocenters. The Labute approximate surface area is 96.6 Å². The van der Waals surface area contributed by atoms with E-state index in [0.29, 0.717) is 5.92 Å². The molecule has 0 heterocycles. The second-order valence-electron chi connectivity index (χ2n) is 4.85. The SMILES string of the molecule is CC1=Cc2c(ccc3c(C)cccc23)C1C. The van der Waals surface area contributed by atoms with Gasteiger partial charge in [0.2, 0.25) is 0 Å². The van der Waals surface area contributed by atoms with E-state index in [1.54, 1.807) is 0 Å². The molecule has 0 spiro atoms. The summed E-state index contributed by atoms with van der Waals surface area (Å²) in [7, 11) is 0. The highest BCUT2D eigenvalue weighted by atomic mass is 14.2. The molecule has 0 nitrogen and oxygen atoms in total. The molecule has 0 radical (unpaired) electrons. The fourth-order valence-electron chi connectivity index (χ4n) is 2.69. The largest absolute Gasteiger partial charge is 0.0655 e. The van der Waals surface area contributed by atoms with Crippen LogP contribution in [-0.2, 0) is 0 Å². The first-order valence-electron chi connectivity index (χ1n) is 5.89. The Morgan fingerprint density at radius 3 is 2.56 bits per heavy atom. The molecule has 16 heavy (non-hydrogen) atoms. The van der Waals surface area contributed by atoms with Crippen LogP contribution in [0.5, 0.6) is 0 Å². The van der Waals surface area contributed by atoms with Crippen LogP contribution < -0.4 is 0 Å². The van der Waals surface area contributed by atoms with Crippen LogP contribution in [0.4, 0.5) is 0 Å². The van der Waals surface area contributed by atoms with E-state index in [9.17, 15) is 0 Å². The van der Waals surface area contributed by atoms with Gasteiger partial charge in [-0.25, -0.2) is 0 Å². The van der Waals surface area contributed by atoms with Crippen LogP contribution in [0.15, 0.2) is 35.9 Å². The van der Waals surface area contributed by atoms with Gasteiger partial charge in [0.25, 0.3) is 0 Å². The molecule has 2 aromatic rings. The van der Waals surface area contributed by atoms with Crippen molar-refractivity contribution in [2.24, 2.45) is 0 Å². The molecule has 0 heteroatoms. The van der Waals surface area contributed by atoms with E-state index in [1.807, 2.05) is 0 Å². The molecule has 0 aromatic heterocycles. The normalized spacial score (nSPS) is 18.7. The van der Waals surface area contributed by atoms with Gasteiger partial charge in [0.15, 0.2) is 0 Å². The number of aryl methyl sites for hydroxylation is 1. The first-order valence-corrected chi connectivity index (χ1v) is 5.89. The van der Waals surface area contributed by atoms with Gasteiger partial charge in [0.1, 0.15) is 0 Å². The quantitative estimate of drug-likeness (QED) is 0.590. The molecular formula is C16H16. The third kappa shape index (κ3) is 1.16. The van der Waals surface area contributed by atoms with Crippen molar-refractivity contribution in [3.63, 3.8) is 0 Å². The van der Waals surface area contributed by atoms with Crippen LogP contribution in [-0.4, -0.2) is 0 Å². The van der Waals surface area contributed by atoms with Crippen molar-refractivity contribution >= 4 is 16.8 Å². The van der Waals surface area contributed by atoms with E-state index in [-0.39, 0.29) is 0 Å². The standard InChI is InChI=1S/C16H16/c1-10-5-4-6-15-13(10)7-8-14-12(3)11(2)9-16(14)15/h4-9,12H,1-3H3. The summed E-state index contributed by atoms with van der Waals surface area (Å²) in [4.78, 5) is 0. The molecule has 1 unspecified atom stereocenters. The first-order chi connectivity index (χ1) is 7.68. The fourth-order valence-corrected chi connectivity index (χ4v) is 2.69. The Hall–Kier alpha value is -1.56. The summed E-state index contributed by atoms with van der Waals surface area (Å²) in [6, 6.07) is 11.1. The van der Waals surface area contributed by atoms with Gasteiger partial charge < -0.3 is 0 Å². The average molecular weight is 208 g/mol. The molecule has 0 fully saturated rings. The van der Waals surface area contributed by atoms with Crippen molar-refractivity contribution < 1.29 is 0 Å². The van der Waals surface area contributed by atoms with Gasteiger partial charge in [-0.05, 0) is 41.3 Å². The van der Waals surface area contributed by atoms with Crippen molar-refractivity contribution in [2.75, 3.05) is 0 Å². The monoisotopic (exact) mass is 208 g/mol. The Morgan fingerprint density at radius 2 is 1.75 bits per heavy atom. The zero-order valence-electron chi connectivity index (χ0n) is 10.0. The van der Waals surface area contributed by atoms with E-state index in [2.05, 4.69) is 57.2 Å². The number of fused-ring (bicyclic) bond motifs is 3. The summed E-state index contributed by atoms with van der Waals surface area (Å²) < 4.78 is 0. The zero-order valence-corrected chi connectivity index (χ0v) is 10.0. The van der Waals surface area contributed by atoms with Gasteiger partial charge in [-0.3, -0.25) is 0 Å². The van der Waals surface area contributed by atoms with Crippen LogP contribution in [0, 0.1) is 6.92 Å². The van der Waals surface area contributed by atoms with Crippen LogP contribution in [0.25, 0.3) is 16.8 Å². The summed E-state index contributed by atoms with van der Waals surface area (Å²) in [5.74, 6) is 0.583. The molecule has 0 aliphatic heterocycles. The second kappa shape index (κ2) is 3.21. The van der Waals surface area contributed by atoms with Crippen molar-refractivity contribution in [2.45, 2.75) is 26.7 Å². The van der Waals surface area contributed by atoms with Crippen molar-refractivity contribution in [3.8, 4) is 0 Å². The van der Waals surface area contributed by atoms with Crippen LogP contribution >= 0.6 is 0 Å². The Kier molecular flexibility index (Phi) is 1.94. The predicted molar refractivity (Wildman–Crippen MR) is 70.8 cm³/mol. The number of hydrogen-bond acceptors (Lipinski definition) is 0. The van der Waals surface area contributed by atoms with Gasteiger partial charge in [0, 0.05) is 5.92 Å². The number of rotatable bonds is 0. The van der Waals surface area contributed by atoms with Crippen LogP contribution in [0.1, 0.15) is 36.5 Å². The van der Waals surface area contributed by atoms with Crippen molar-refractivity contribution in [3.05, 3.63) is 52.6 Å². The van der Waals surface area contributed by atoms with E-state index < -0.39 is 0 Å².